The first-order valence-electron chi connectivity index (χ1n) is 6.22. The Hall–Kier alpha value is -1.07. The molecule has 1 fully saturated rings. The topological polar surface area (TPSA) is 55.2 Å². The Balaban J connectivity index is 1.96. The molecule has 2 rings (SSSR count). The highest BCUT2D eigenvalue weighted by atomic mass is 32.2. The van der Waals surface area contributed by atoms with Crippen LogP contribution in [0.3, 0.4) is 0 Å². The van der Waals surface area contributed by atoms with Crippen molar-refractivity contribution in [2.75, 3.05) is 11.5 Å². The Morgan fingerprint density at radius 3 is 2.83 bits per heavy atom. The van der Waals surface area contributed by atoms with E-state index in [-0.39, 0.29) is 10.6 Å². The highest BCUT2D eigenvalue weighted by molar-refractivity contribution is 7.99. The lowest BCUT2D eigenvalue weighted by Crippen LogP contribution is -2.32. The molecular formula is C13H18N2O2S. The minimum absolute atomic E-state index is 0.216. The van der Waals surface area contributed by atoms with Crippen molar-refractivity contribution in [2.45, 2.75) is 32.4 Å². The second-order valence-electron chi connectivity index (χ2n) is 4.65. The molecule has 0 aliphatic carbocycles. The van der Waals surface area contributed by atoms with E-state index in [0.29, 0.717) is 6.04 Å². The molecule has 1 saturated heterocycles. The SMILES string of the molecule is Cc1ccc(CNC2CCSCC2)cc1[N+](=O)[O-]. The average molecular weight is 266 g/mol. The largest absolute Gasteiger partial charge is 0.310 e. The lowest BCUT2D eigenvalue weighted by Gasteiger charge is -2.22. The first-order chi connectivity index (χ1) is 8.66. The van der Waals surface area contributed by atoms with Crippen molar-refractivity contribution in [2.24, 2.45) is 0 Å². The molecule has 0 unspecified atom stereocenters. The van der Waals surface area contributed by atoms with Crippen LogP contribution in [0.5, 0.6) is 0 Å². The number of aryl methyl sites for hydroxylation is 1. The van der Waals surface area contributed by atoms with Crippen LogP contribution in [0.15, 0.2) is 18.2 Å². The Bertz CT molecular complexity index is 431. The summed E-state index contributed by atoms with van der Waals surface area (Å²) in [6, 6.07) is 6.03. The smallest absolute Gasteiger partial charge is 0.272 e. The maximum Gasteiger partial charge on any atom is 0.272 e. The van der Waals surface area contributed by atoms with Gasteiger partial charge in [0.05, 0.1) is 4.92 Å². The number of thioether (sulfide) groups is 1. The molecule has 98 valence electrons. The monoisotopic (exact) mass is 266 g/mol. The average Bonchev–Trinajstić information content (AvgIpc) is 2.38. The molecule has 0 amide bonds. The minimum atomic E-state index is -0.309. The summed E-state index contributed by atoms with van der Waals surface area (Å²) in [5, 5.41) is 14.3. The van der Waals surface area contributed by atoms with E-state index in [1.165, 1.54) is 24.3 Å². The lowest BCUT2D eigenvalue weighted by molar-refractivity contribution is -0.385. The van der Waals surface area contributed by atoms with Crippen LogP contribution in [0.25, 0.3) is 0 Å². The molecule has 0 radical (unpaired) electrons. The third kappa shape index (κ3) is 3.46. The zero-order valence-electron chi connectivity index (χ0n) is 10.5. The van der Waals surface area contributed by atoms with Crippen molar-refractivity contribution in [3.63, 3.8) is 0 Å². The van der Waals surface area contributed by atoms with Crippen LogP contribution in [0, 0.1) is 17.0 Å². The second-order valence-corrected chi connectivity index (χ2v) is 5.87. The quantitative estimate of drug-likeness (QED) is 0.672. The summed E-state index contributed by atoms with van der Waals surface area (Å²) >= 11 is 2.00. The number of rotatable bonds is 4. The third-order valence-corrected chi connectivity index (χ3v) is 4.34. The van der Waals surface area contributed by atoms with E-state index >= 15 is 0 Å². The molecule has 4 nitrogen and oxygen atoms in total. The van der Waals surface area contributed by atoms with E-state index in [1.54, 1.807) is 13.0 Å². The molecule has 1 heterocycles. The van der Waals surface area contributed by atoms with Gasteiger partial charge < -0.3 is 5.32 Å². The fraction of sp³-hybridized carbons (Fsp3) is 0.538. The molecule has 0 spiro atoms. The molecule has 1 N–H and O–H groups in total. The molecule has 0 saturated carbocycles. The highest BCUT2D eigenvalue weighted by Crippen LogP contribution is 2.20. The standard InChI is InChI=1S/C13H18N2O2S/c1-10-2-3-11(8-13(10)15(16)17)9-14-12-4-6-18-7-5-12/h2-3,8,12,14H,4-7,9H2,1H3. The summed E-state index contributed by atoms with van der Waals surface area (Å²) in [5.41, 5.74) is 1.93. The summed E-state index contributed by atoms with van der Waals surface area (Å²) in [6.45, 7) is 2.49. The van der Waals surface area contributed by atoms with E-state index in [9.17, 15) is 10.1 Å². The van der Waals surface area contributed by atoms with Crippen LogP contribution in [0.4, 0.5) is 5.69 Å². The number of hydrogen-bond donors (Lipinski definition) is 1. The molecule has 0 atom stereocenters. The van der Waals surface area contributed by atoms with E-state index in [4.69, 9.17) is 0 Å². The van der Waals surface area contributed by atoms with Gasteiger partial charge in [-0.1, -0.05) is 12.1 Å². The number of nitrogens with one attached hydrogen (secondary N) is 1. The van der Waals surface area contributed by atoms with Gasteiger partial charge in [-0.2, -0.15) is 11.8 Å². The summed E-state index contributed by atoms with van der Waals surface area (Å²) in [4.78, 5) is 10.6. The normalized spacial score (nSPS) is 16.7. The fourth-order valence-electron chi connectivity index (χ4n) is 2.13. The van der Waals surface area contributed by atoms with Gasteiger partial charge in [-0.15, -0.1) is 0 Å². The summed E-state index contributed by atoms with van der Waals surface area (Å²) in [7, 11) is 0. The summed E-state index contributed by atoms with van der Waals surface area (Å²) in [5.74, 6) is 2.43. The van der Waals surface area contributed by atoms with E-state index in [2.05, 4.69) is 5.32 Å². The Morgan fingerprint density at radius 1 is 1.44 bits per heavy atom. The van der Waals surface area contributed by atoms with Crippen molar-refractivity contribution >= 4 is 17.4 Å². The molecule has 18 heavy (non-hydrogen) atoms. The molecule has 0 bridgehead atoms. The van der Waals surface area contributed by atoms with Crippen molar-refractivity contribution in [1.29, 1.82) is 0 Å². The molecular weight excluding hydrogens is 248 g/mol. The number of hydrogen-bond acceptors (Lipinski definition) is 4. The van der Waals surface area contributed by atoms with Crippen LogP contribution in [0.1, 0.15) is 24.0 Å². The maximum atomic E-state index is 10.9. The summed E-state index contributed by atoms with van der Waals surface area (Å²) in [6.07, 6.45) is 2.39. The molecule has 5 heteroatoms. The Kier molecular flexibility index (Phi) is 4.60. The molecule has 1 aliphatic rings. The Labute approximate surface area is 111 Å². The van der Waals surface area contributed by atoms with Gasteiger partial charge in [-0.3, -0.25) is 10.1 Å². The van der Waals surface area contributed by atoms with E-state index in [1.807, 2.05) is 23.9 Å². The van der Waals surface area contributed by atoms with Crippen molar-refractivity contribution in [3.05, 3.63) is 39.4 Å². The van der Waals surface area contributed by atoms with Gasteiger partial charge in [0, 0.05) is 24.2 Å². The first kappa shape index (κ1) is 13.4. The van der Waals surface area contributed by atoms with Gasteiger partial charge in [0.15, 0.2) is 0 Å². The van der Waals surface area contributed by atoms with E-state index < -0.39 is 0 Å². The van der Waals surface area contributed by atoms with Gasteiger partial charge >= 0.3 is 0 Å². The number of nitrogens with zero attached hydrogens (tertiary/aromatic N) is 1. The van der Waals surface area contributed by atoms with Crippen molar-refractivity contribution in [3.8, 4) is 0 Å². The number of benzene rings is 1. The highest BCUT2D eigenvalue weighted by Gasteiger charge is 2.14. The zero-order chi connectivity index (χ0) is 13.0. The maximum absolute atomic E-state index is 10.9. The van der Waals surface area contributed by atoms with E-state index in [0.717, 1.165) is 17.7 Å². The predicted molar refractivity (Wildman–Crippen MR) is 75.0 cm³/mol. The van der Waals surface area contributed by atoms with Gasteiger partial charge in [0.2, 0.25) is 0 Å². The van der Waals surface area contributed by atoms with Crippen LogP contribution in [-0.2, 0) is 6.54 Å². The zero-order valence-corrected chi connectivity index (χ0v) is 11.3. The van der Waals surface area contributed by atoms with Gasteiger partial charge in [0.25, 0.3) is 5.69 Å². The Morgan fingerprint density at radius 2 is 2.17 bits per heavy atom. The number of nitro groups is 1. The van der Waals surface area contributed by atoms with Crippen LogP contribution < -0.4 is 5.32 Å². The van der Waals surface area contributed by atoms with Gasteiger partial charge in [-0.05, 0) is 36.8 Å². The van der Waals surface area contributed by atoms with Gasteiger partial charge in [0.1, 0.15) is 0 Å². The second kappa shape index (κ2) is 6.20. The van der Waals surface area contributed by atoms with Gasteiger partial charge in [-0.25, -0.2) is 0 Å². The molecule has 0 aromatic heterocycles. The summed E-state index contributed by atoms with van der Waals surface area (Å²) < 4.78 is 0. The third-order valence-electron chi connectivity index (χ3n) is 3.29. The molecule has 1 aliphatic heterocycles. The molecule has 1 aromatic carbocycles. The first-order valence-corrected chi connectivity index (χ1v) is 7.37. The van der Waals surface area contributed by atoms with Crippen molar-refractivity contribution < 1.29 is 4.92 Å². The predicted octanol–water partition coefficient (Wildman–Crippen LogP) is 2.89. The van der Waals surface area contributed by atoms with Crippen LogP contribution in [0.2, 0.25) is 0 Å². The number of nitro benzene ring substituents is 1. The minimum Gasteiger partial charge on any atom is -0.310 e. The molecule has 1 aromatic rings. The van der Waals surface area contributed by atoms with Crippen molar-refractivity contribution in [1.82, 2.24) is 5.32 Å². The van der Waals surface area contributed by atoms with Crippen LogP contribution in [-0.4, -0.2) is 22.5 Å². The lowest BCUT2D eigenvalue weighted by atomic mass is 10.1. The van der Waals surface area contributed by atoms with Crippen LogP contribution >= 0.6 is 11.8 Å². The fourth-order valence-corrected chi connectivity index (χ4v) is 3.23.